The van der Waals surface area contributed by atoms with Crippen LogP contribution in [0, 0.1) is 5.92 Å². The highest BCUT2D eigenvalue weighted by Gasteiger charge is 2.34. The highest BCUT2D eigenvalue weighted by Crippen LogP contribution is 2.38. The standard InChI is InChI=1S/C14H13N3O2S2/c1-20-14-17-12(11(21-14)10(18)8-4-5-8)16-13(19)9-3-2-6-15-7-9/h2-3,6-8H,4-5H2,1H3,(H,16,19). The number of Topliss-reactive ketones (excluding diaryl/α,β-unsaturated/α-hetero) is 1. The zero-order chi connectivity index (χ0) is 14.8. The van der Waals surface area contributed by atoms with Crippen LogP contribution in [0.5, 0.6) is 0 Å². The van der Waals surface area contributed by atoms with Crippen molar-refractivity contribution in [3.8, 4) is 0 Å². The molecule has 0 unspecified atom stereocenters. The monoisotopic (exact) mass is 319 g/mol. The third kappa shape index (κ3) is 3.14. The number of carbonyl (C=O) groups excluding carboxylic acids is 2. The highest BCUT2D eigenvalue weighted by atomic mass is 32.2. The van der Waals surface area contributed by atoms with Crippen LogP contribution < -0.4 is 5.32 Å². The molecule has 1 fully saturated rings. The van der Waals surface area contributed by atoms with Crippen LogP contribution in [0.2, 0.25) is 0 Å². The smallest absolute Gasteiger partial charge is 0.258 e. The quantitative estimate of drug-likeness (QED) is 0.677. The van der Waals surface area contributed by atoms with Gasteiger partial charge in [-0.1, -0.05) is 11.8 Å². The molecular formula is C14H13N3O2S2. The van der Waals surface area contributed by atoms with Crippen molar-refractivity contribution in [2.45, 2.75) is 17.2 Å². The van der Waals surface area contributed by atoms with Crippen molar-refractivity contribution in [1.82, 2.24) is 9.97 Å². The maximum Gasteiger partial charge on any atom is 0.258 e. The molecule has 7 heteroatoms. The second-order valence-corrected chi connectivity index (χ2v) is 6.75. The van der Waals surface area contributed by atoms with E-state index in [9.17, 15) is 9.59 Å². The predicted molar refractivity (Wildman–Crippen MR) is 83.1 cm³/mol. The molecule has 5 nitrogen and oxygen atoms in total. The lowest BCUT2D eigenvalue weighted by Crippen LogP contribution is -2.15. The van der Waals surface area contributed by atoms with Gasteiger partial charge in [-0.3, -0.25) is 14.6 Å². The van der Waals surface area contributed by atoms with E-state index < -0.39 is 0 Å². The molecule has 108 valence electrons. The largest absolute Gasteiger partial charge is 0.305 e. The van der Waals surface area contributed by atoms with Crippen LogP contribution in [-0.2, 0) is 0 Å². The van der Waals surface area contributed by atoms with Crippen molar-refractivity contribution in [2.24, 2.45) is 5.92 Å². The molecule has 1 aliphatic carbocycles. The topological polar surface area (TPSA) is 72.0 Å². The lowest BCUT2D eigenvalue weighted by Gasteiger charge is -2.03. The Balaban J connectivity index is 1.85. The summed E-state index contributed by atoms with van der Waals surface area (Å²) in [5, 5.41) is 2.73. The number of thiazole rings is 1. The fourth-order valence-electron chi connectivity index (χ4n) is 1.85. The van der Waals surface area contributed by atoms with Gasteiger partial charge >= 0.3 is 0 Å². The van der Waals surface area contributed by atoms with Crippen LogP contribution in [0.4, 0.5) is 5.82 Å². The van der Waals surface area contributed by atoms with E-state index in [-0.39, 0.29) is 17.6 Å². The molecule has 21 heavy (non-hydrogen) atoms. The highest BCUT2D eigenvalue weighted by molar-refractivity contribution is 8.00. The molecule has 3 rings (SSSR count). The van der Waals surface area contributed by atoms with E-state index in [1.807, 2.05) is 6.26 Å². The van der Waals surface area contributed by atoms with Crippen LogP contribution in [-0.4, -0.2) is 27.9 Å². The molecule has 0 aromatic carbocycles. The predicted octanol–water partition coefficient (Wildman–Crippen LogP) is 3.11. The number of pyridine rings is 1. The number of thioether (sulfide) groups is 1. The minimum Gasteiger partial charge on any atom is -0.305 e. The molecule has 1 saturated carbocycles. The molecule has 0 aliphatic heterocycles. The van der Waals surface area contributed by atoms with Gasteiger partial charge in [-0.15, -0.1) is 11.3 Å². The van der Waals surface area contributed by atoms with E-state index in [0.717, 1.165) is 17.2 Å². The van der Waals surface area contributed by atoms with Crippen molar-refractivity contribution in [1.29, 1.82) is 0 Å². The molecular weight excluding hydrogens is 306 g/mol. The summed E-state index contributed by atoms with van der Waals surface area (Å²) in [7, 11) is 0. The van der Waals surface area contributed by atoms with Crippen molar-refractivity contribution in [3.63, 3.8) is 0 Å². The van der Waals surface area contributed by atoms with Gasteiger partial charge in [0.2, 0.25) is 0 Å². The molecule has 0 spiro atoms. The first-order valence-electron chi connectivity index (χ1n) is 6.49. The molecule has 0 atom stereocenters. The number of carbonyl (C=O) groups is 2. The number of aromatic nitrogens is 2. The summed E-state index contributed by atoms with van der Waals surface area (Å²) >= 11 is 2.81. The normalized spacial score (nSPS) is 14.0. The zero-order valence-electron chi connectivity index (χ0n) is 11.3. The van der Waals surface area contributed by atoms with Crippen LogP contribution in [0.15, 0.2) is 28.9 Å². The molecule has 0 saturated heterocycles. The summed E-state index contributed by atoms with van der Waals surface area (Å²) < 4.78 is 0.778. The molecule has 2 aromatic heterocycles. The van der Waals surface area contributed by atoms with E-state index in [1.165, 1.54) is 29.3 Å². The summed E-state index contributed by atoms with van der Waals surface area (Å²) in [6.07, 6.45) is 6.85. The van der Waals surface area contributed by atoms with E-state index in [4.69, 9.17) is 0 Å². The summed E-state index contributed by atoms with van der Waals surface area (Å²) in [5.41, 5.74) is 0.445. The van der Waals surface area contributed by atoms with Crippen molar-refractivity contribution in [2.75, 3.05) is 11.6 Å². The van der Waals surface area contributed by atoms with E-state index in [2.05, 4.69) is 15.3 Å². The van der Waals surface area contributed by atoms with Gasteiger partial charge in [0.1, 0.15) is 4.88 Å². The van der Waals surface area contributed by atoms with Gasteiger partial charge in [0, 0.05) is 18.3 Å². The van der Waals surface area contributed by atoms with Crippen LogP contribution in [0.3, 0.4) is 0 Å². The Bertz CT molecular complexity index is 681. The van der Waals surface area contributed by atoms with Crippen LogP contribution in [0.1, 0.15) is 32.9 Å². The van der Waals surface area contributed by atoms with Gasteiger partial charge in [0.15, 0.2) is 15.9 Å². The molecule has 2 aromatic rings. The number of rotatable bonds is 5. The first-order chi connectivity index (χ1) is 10.2. The Morgan fingerprint density at radius 2 is 2.24 bits per heavy atom. The molecule has 0 bridgehead atoms. The second-order valence-electron chi connectivity index (χ2n) is 4.70. The Kier molecular flexibility index (Phi) is 4.03. The Morgan fingerprint density at radius 1 is 1.43 bits per heavy atom. The lowest BCUT2D eigenvalue weighted by molar-refractivity contribution is 0.0972. The van der Waals surface area contributed by atoms with E-state index in [0.29, 0.717) is 16.3 Å². The summed E-state index contributed by atoms with van der Waals surface area (Å²) in [6.45, 7) is 0. The minimum atomic E-state index is -0.300. The average Bonchev–Trinajstić information content (AvgIpc) is 3.29. The Morgan fingerprint density at radius 3 is 2.86 bits per heavy atom. The Labute approximate surface area is 130 Å². The third-order valence-corrected chi connectivity index (χ3v) is 5.16. The number of nitrogens with zero attached hydrogens (tertiary/aromatic N) is 2. The van der Waals surface area contributed by atoms with E-state index >= 15 is 0 Å². The van der Waals surface area contributed by atoms with Crippen LogP contribution in [0.25, 0.3) is 0 Å². The number of hydrogen-bond donors (Lipinski definition) is 1. The maximum absolute atomic E-state index is 12.3. The molecule has 1 N–H and O–H groups in total. The van der Waals surface area contributed by atoms with Crippen molar-refractivity contribution >= 4 is 40.6 Å². The zero-order valence-corrected chi connectivity index (χ0v) is 13.0. The third-order valence-electron chi connectivity index (χ3n) is 3.11. The molecule has 1 amide bonds. The van der Waals surface area contributed by atoms with Gasteiger partial charge in [-0.2, -0.15) is 0 Å². The van der Waals surface area contributed by atoms with Gasteiger partial charge in [-0.25, -0.2) is 4.98 Å². The molecule has 1 aliphatic rings. The average molecular weight is 319 g/mol. The Hall–Kier alpha value is -1.73. The van der Waals surface area contributed by atoms with Gasteiger partial charge in [-0.05, 0) is 31.2 Å². The fourth-order valence-corrected chi connectivity index (χ4v) is 3.39. The molecule has 0 radical (unpaired) electrons. The van der Waals surface area contributed by atoms with Gasteiger partial charge in [0.05, 0.1) is 5.56 Å². The van der Waals surface area contributed by atoms with Gasteiger partial charge in [0.25, 0.3) is 5.91 Å². The fraction of sp³-hybridized carbons (Fsp3) is 0.286. The number of anilines is 1. The summed E-state index contributed by atoms with van der Waals surface area (Å²) in [4.78, 5) is 33.2. The van der Waals surface area contributed by atoms with Crippen molar-refractivity contribution < 1.29 is 9.59 Å². The SMILES string of the molecule is CSc1nc(NC(=O)c2cccnc2)c(C(=O)C2CC2)s1. The first-order valence-corrected chi connectivity index (χ1v) is 8.53. The summed E-state index contributed by atoms with van der Waals surface area (Å²) in [6, 6.07) is 3.37. The molecule has 2 heterocycles. The lowest BCUT2D eigenvalue weighted by atomic mass is 10.2. The number of ketones is 1. The van der Waals surface area contributed by atoms with E-state index in [1.54, 1.807) is 18.3 Å². The number of nitrogens with one attached hydrogen (secondary N) is 1. The number of amides is 1. The maximum atomic E-state index is 12.3. The van der Waals surface area contributed by atoms with Gasteiger partial charge < -0.3 is 5.32 Å². The minimum absolute atomic E-state index is 0.0919. The van der Waals surface area contributed by atoms with Crippen molar-refractivity contribution in [3.05, 3.63) is 35.0 Å². The second kappa shape index (κ2) is 5.95. The first kappa shape index (κ1) is 14.2. The van der Waals surface area contributed by atoms with Crippen LogP contribution >= 0.6 is 23.1 Å². The number of hydrogen-bond acceptors (Lipinski definition) is 6. The summed E-state index contributed by atoms with van der Waals surface area (Å²) in [5.74, 6) is 0.268.